The summed E-state index contributed by atoms with van der Waals surface area (Å²) < 4.78 is 56.1. The van der Waals surface area contributed by atoms with E-state index >= 15 is 0 Å². The Bertz CT molecular complexity index is 1430. The smallest absolute Gasteiger partial charge is 0.275 e. The van der Waals surface area contributed by atoms with Gasteiger partial charge in [0.25, 0.3) is 11.8 Å². The lowest BCUT2D eigenvalue weighted by atomic mass is 9.79. The number of nitrogens with one attached hydrogen (secondary N) is 3. The first-order valence-electron chi connectivity index (χ1n) is 15.1. The molecular formula is C30H36F4N6O3. The zero-order valence-electron chi connectivity index (χ0n) is 23.8. The summed E-state index contributed by atoms with van der Waals surface area (Å²) in [5.41, 5.74) is 3.62. The molecular weight excluding hydrogens is 568 g/mol. The second-order valence-corrected chi connectivity index (χ2v) is 12.6. The lowest BCUT2D eigenvalue weighted by Crippen LogP contribution is -2.38. The number of carbonyl (C=O) groups excluding carboxylic acids is 2. The molecule has 3 aromatic rings. The summed E-state index contributed by atoms with van der Waals surface area (Å²) in [4.78, 5) is 30.8. The van der Waals surface area contributed by atoms with Crippen LogP contribution in [0.15, 0.2) is 29.2 Å². The van der Waals surface area contributed by atoms with Crippen LogP contribution in [0.5, 0.6) is 0 Å². The quantitative estimate of drug-likeness (QED) is 0.281. The van der Waals surface area contributed by atoms with Gasteiger partial charge >= 0.3 is 0 Å². The monoisotopic (exact) mass is 604 g/mol. The molecule has 2 atom stereocenters. The van der Waals surface area contributed by atoms with E-state index in [-0.39, 0.29) is 48.6 Å². The molecule has 2 heterocycles. The summed E-state index contributed by atoms with van der Waals surface area (Å²) in [5.74, 6) is -6.14. The summed E-state index contributed by atoms with van der Waals surface area (Å²) in [6, 6.07) is 5.68. The average Bonchev–Trinajstić information content (AvgIpc) is 3.93. The Morgan fingerprint density at radius 1 is 0.977 bits per heavy atom. The van der Waals surface area contributed by atoms with E-state index in [1.54, 1.807) is 6.33 Å². The maximum absolute atomic E-state index is 13.1. The van der Waals surface area contributed by atoms with Gasteiger partial charge in [0, 0.05) is 50.1 Å². The lowest BCUT2D eigenvalue weighted by Gasteiger charge is -2.34. The molecule has 232 valence electrons. The molecule has 0 aliphatic heterocycles. The molecule has 2 unspecified atom stereocenters. The molecule has 2 amide bonds. The zero-order chi connectivity index (χ0) is 30.2. The normalized spacial score (nSPS) is 25.7. The van der Waals surface area contributed by atoms with Crippen LogP contribution < -0.4 is 10.6 Å². The highest BCUT2D eigenvalue weighted by atomic mass is 19.3. The van der Waals surface area contributed by atoms with Crippen LogP contribution in [0.2, 0.25) is 0 Å². The SMILES string of the molecule is C1CC1.O=C(CC1CC(F)(F)C1)NCc1ccc2nc[nH]c2c1.O=C(NCC1CC2C(C1)C2(F)F)c1nonc1C1CC1. The van der Waals surface area contributed by atoms with Crippen LogP contribution in [-0.4, -0.2) is 50.5 Å². The number of hydrogen-bond acceptors (Lipinski definition) is 6. The van der Waals surface area contributed by atoms with Gasteiger partial charge in [0.2, 0.25) is 11.8 Å². The van der Waals surface area contributed by atoms with Gasteiger partial charge in [-0.15, -0.1) is 0 Å². The summed E-state index contributed by atoms with van der Waals surface area (Å²) in [6.07, 6.45) is 8.99. The standard InChI is InChI=1S/C14H15F2N3O.C13H15F2N3O2.C3H6/c15-14(16)5-10(6-14)4-13(20)17-7-9-1-2-11-12(3-9)19-8-18-11;14-13(15)8-3-6(4-9(8)13)5-16-12(19)11-10(7-1-2-7)17-20-18-11;1-2-3-1/h1-3,8,10H,4-7H2,(H,17,20)(H,18,19);6-9H,1-5H2,(H,16,19);1-3H2. The summed E-state index contributed by atoms with van der Waals surface area (Å²) >= 11 is 0. The van der Waals surface area contributed by atoms with Crippen molar-refractivity contribution in [2.45, 2.75) is 88.5 Å². The minimum absolute atomic E-state index is 0.151. The number of aromatic amines is 1. The number of amides is 2. The highest BCUT2D eigenvalue weighted by molar-refractivity contribution is 5.93. The summed E-state index contributed by atoms with van der Waals surface area (Å²) in [7, 11) is 0. The van der Waals surface area contributed by atoms with E-state index in [9.17, 15) is 27.2 Å². The molecule has 3 N–H and O–H groups in total. The van der Waals surface area contributed by atoms with Crippen LogP contribution in [0.4, 0.5) is 17.6 Å². The van der Waals surface area contributed by atoms with Crippen LogP contribution in [0.25, 0.3) is 11.0 Å². The van der Waals surface area contributed by atoms with E-state index in [1.807, 2.05) is 18.2 Å². The Labute approximate surface area is 245 Å². The van der Waals surface area contributed by atoms with Gasteiger partial charge in [-0.2, -0.15) is 0 Å². The molecule has 9 nitrogen and oxygen atoms in total. The molecule has 5 fully saturated rings. The molecule has 43 heavy (non-hydrogen) atoms. The molecule has 5 aliphatic carbocycles. The van der Waals surface area contributed by atoms with Crippen LogP contribution in [0, 0.1) is 23.7 Å². The number of alkyl halides is 4. The fourth-order valence-corrected chi connectivity index (χ4v) is 5.94. The van der Waals surface area contributed by atoms with Crippen LogP contribution in [-0.2, 0) is 11.3 Å². The van der Waals surface area contributed by atoms with Gasteiger partial charge in [0.15, 0.2) is 5.69 Å². The van der Waals surface area contributed by atoms with Crippen molar-refractivity contribution in [1.82, 2.24) is 30.9 Å². The van der Waals surface area contributed by atoms with Gasteiger partial charge in [-0.25, -0.2) is 27.2 Å². The lowest BCUT2D eigenvalue weighted by molar-refractivity contribution is -0.133. The third-order valence-electron chi connectivity index (χ3n) is 8.76. The number of H-pyrrole nitrogens is 1. The van der Waals surface area contributed by atoms with E-state index in [0.29, 0.717) is 37.5 Å². The largest absolute Gasteiger partial charge is 0.352 e. The number of fused-ring (bicyclic) bond motifs is 2. The van der Waals surface area contributed by atoms with E-state index in [2.05, 4.69) is 35.5 Å². The van der Waals surface area contributed by atoms with Crippen LogP contribution in [0.3, 0.4) is 0 Å². The molecule has 5 aliphatic rings. The van der Waals surface area contributed by atoms with Gasteiger partial charge in [-0.05, 0) is 60.4 Å². The molecule has 0 bridgehead atoms. The van der Waals surface area contributed by atoms with Crippen molar-refractivity contribution in [3.05, 3.63) is 41.5 Å². The Morgan fingerprint density at radius 2 is 1.70 bits per heavy atom. The van der Waals surface area contributed by atoms with E-state index in [0.717, 1.165) is 29.4 Å². The number of benzene rings is 1. The highest BCUT2D eigenvalue weighted by Crippen LogP contribution is 2.65. The maximum Gasteiger partial charge on any atom is 0.275 e. The van der Waals surface area contributed by atoms with E-state index in [1.165, 1.54) is 19.3 Å². The average molecular weight is 605 g/mol. The number of imidazole rings is 1. The molecule has 13 heteroatoms. The first-order valence-corrected chi connectivity index (χ1v) is 15.1. The van der Waals surface area contributed by atoms with Crippen molar-refractivity contribution < 1.29 is 31.8 Å². The first kappa shape index (κ1) is 29.6. The van der Waals surface area contributed by atoms with Crippen molar-refractivity contribution in [1.29, 1.82) is 0 Å². The molecule has 0 spiro atoms. The topological polar surface area (TPSA) is 126 Å². The Morgan fingerprint density at radius 3 is 2.35 bits per heavy atom. The molecule has 5 saturated carbocycles. The maximum atomic E-state index is 13.1. The minimum Gasteiger partial charge on any atom is -0.352 e. The molecule has 0 saturated heterocycles. The number of carbonyl (C=O) groups is 2. The van der Waals surface area contributed by atoms with Gasteiger partial charge in [0.1, 0.15) is 5.69 Å². The van der Waals surface area contributed by atoms with Crippen molar-refractivity contribution in [3.63, 3.8) is 0 Å². The molecule has 1 aromatic carbocycles. The second-order valence-electron chi connectivity index (χ2n) is 12.6. The number of rotatable bonds is 8. The van der Waals surface area contributed by atoms with Gasteiger partial charge < -0.3 is 15.6 Å². The second kappa shape index (κ2) is 11.9. The molecule has 8 rings (SSSR count). The molecule has 0 radical (unpaired) electrons. The third kappa shape index (κ3) is 7.35. The van der Waals surface area contributed by atoms with Crippen LogP contribution in [0.1, 0.15) is 91.9 Å². The summed E-state index contributed by atoms with van der Waals surface area (Å²) in [6.45, 7) is 0.829. The van der Waals surface area contributed by atoms with Crippen molar-refractivity contribution in [2.24, 2.45) is 23.7 Å². The van der Waals surface area contributed by atoms with Gasteiger partial charge in [-0.1, -0.05) is 30.5 Å². The Balaban J connectivity index is 0.000000139. The zero-order valence-corrected chi connectivity index (χ0v) is 23.8. The van der Waals surface area contributed by atoms with Gasteiger partial charge in [0.05, 0.1) is 17.4 Å². The molecule has 2 aromatic heterocycles. The van der Waals surface area contributed by atoms with Crippen molar-refractivity contribution in [3.8, 4) is 0 Å². The summed E-state index contributed by atoms with van der Waals surface area (Å²) in [5, 5.41) is 13.0. The third-order valence-corrected chi connectivity index (χ3v) is 8.76. The Hall–Kier alpha value is -3.51. The minimum atomic E-state index is -2.56. The Kier molecular flexibility index (Phi) is 8.16. The predicted octanol–water partition coefficient (Wildman–Crippen LogP) is 5.75. The fourth-order valence-electron chi connectivity index (χ4n) is 5.94. The predicted molar refractivity (Wildman–Crippen MR) is 147 cm³/mol. The van der Waals surface area contributed by atoms with E-state index in [4.69, 9.17) is 0 Å². The number of aromatic nitrogens is 4. The number of hydrogen-bond donors (Lipinski definition) is 3. The van der Waals surface area contributed by atoms with Crippen molar-refractivity contribution in [2.75, 3.05) is 6.54 Å². The van der Waals surface area contributed by atoms with Gasteiger partial charge in [-0.3, -0.25) is 9.59 Å². The number of nitrogens with zero attached hydrogens (tertiary/aromatic N) is 3. The number of halogens is 4. The fraction of sp³-hybridized carbons (Fsp3) is 0.633. The van der Waals surface area contributed by atoms with E-state index < -0.39 is 23.7 Å². The van der Waals surface area contributed by atoms with Crippen molar-refractivity contribution >= 4 is 22.8 Å². The highest BCUT2D eigenvalue weighted by Gasteiger charge is 2.71. The first-order chi connectivity index (χ1) is 20.6. The van der Waals surface area contributed by atoms with Crippen LogP contribution >= 0.6 is 0 Å².